The van der Waals surface area contributed by atoms with Crippen molar-refractivity contribution in [2.75, 3.05) is 5.32 Å². The first-order valence-corrected chi connectivity index (χ1v) is 8.58. The van der Waals surface area contributed by atoms with E-state index in [-0.39, 0.29) is 10.6 Å². The molecule has 134 valence electrons. The number of rotatable bonds is 3. The number of benzene rings is 2. The zero-order valence-corrected chi connectivity index (χ0v) is 15.0. The summed E-state index contributed by atoms with van der Waals surface area (Å²) < 4.78 is 15.7. The van der Waals surface area contributed by atoms with Gasteiger partial charge < -0.3 is 5.32 Å². The fourth-order valence-corrected chi connectivity index (χ4v) is 3.12. The smallest absolute Gasteiger partial charge is 0.260 e. The Labute approximate surface area is 159 Å². The summed E-state index contributed by atoms with van der Waals surface area (Å²) in [5.41, 5.74) is 2.55. The van der Waals surface area contributed by atoms with Crippen molar-refractivity contribution in [2.45, 2.75) is 6.92 Å². The fraction of sp³-hybridized carbons (Fsp3) is 0.0500. The van der Waals surface area contributed by atoms with Gasteiger partial charge in [-0.15, -0.1) is 0 Å². The lowest BCUT2D eigenvalue weighted by Crippen LogP contribution is -2.14. The van der Waals surface area contributed by atoms with Crippen LogP contribution in [-0.2, 0) is 0 Å². The zero-order chi connectivity index (χ0) is 19.0. The normalized spacial score (nSPS) is 10.9. The maximum atomic E-state index is 13.9. The van der Waals surface area contributed by atoms with E-state index in [1.54, 1.807) is 10.7 Å². The van der Waals surface area contributed by atoms with Gasteiger partial charge in [-0.05, 0) is 37.3 Å². The predicted octanol–water partition coefficient (Wildman–Crippen LogP) is 4.77. The highest BCUT2D eigenvalue weighted by Crippen LogP contribution is 2.24. The molecule has 0 spiro atoms. The van der Waals surface area contributed by atoms with E-state index in [9.17, 15) is 9.18 Å². The highest BCUT2D eigenvalue weighted by molar-refractivity contribution is 6.34. The molecule has 7 heteroatoms. The molecule has 0 saturated heterocycles. The van der Waals surface area contributed by atoms with Crippen LogP contribution in [0.4, 0.5) is 10.1 Å². The molecular weight excluding hydrogens is 367 g/mol. The minimum absolute atomic E-state index is 0.0506. The number of halogens is 2. The Morgan fingerprint density at radius 2 is 1.93 bits per heavy atom. The maximum Gasteiger partial charge on any atom is 0.260 e. The molecule has 5 nitrogen and oxygen atoms in total. The highest BCUT2D eigenvalue weighted by Gasteiger charge is 2.17. The largest absolute Gasteiger partial charge is 0.320 e. The van der Waals surface area contributed by atoms with Crippen LogP contribution < -0.4 is 5.32 Å². The summed E-state index contributed by atoms with van der Waals surface area (Å²) in [5, 5.41) is 8.01. The van der Waals surface area contributed by atoms with Crippen LogP contribution in [0.3, 0.4) is 0 Å². The van der Waals surface area contributed by atoms with Gasteiger partial charge in [0, 0.05) is 5.39 Å². The van der Waals surface area contributed by atoms with Crippen molar-refractivity contribution < 1.29 is 9.18 Å². The summed E-state index contributed by atoms with van der Waals surface area (Å²) in [6.07, 6.45) is 1.51. The van der Waals surface area contributed by atoms with E-state index < -0.39 is 11.7 Å². The Balaban J connectivity index is 1.71. The lowest BCUT2D eigenvalue weighted by atomic mass is 10.2. The number of para-hydroxylation sites is 1. The number of aromatic nitrogens is 3. The number of hydrogen-bond acceptors (Lipinski definition) is 3. The van der Waals surface area contributed by atoms with Gasteiger partial charge in [0.1, 0.15) is 5.82 Å². The molecule has 0 aliphatic heterocycles. The SMILES string of the molecule is Cc1nn(-c2ccccc2)c2ncc(NC(=O)c3c(F)cccc3Cl)cc12. The number of pyridine rings is 1. The maximum absolute atomic E-state index is 13.9. The third kappa shape index (κ3) is 3.15. The molecule has 1 amide bonds. The summed E-state index contributed by atoms with van der Waals surface area (Å²) in [6, 6.07) is 15.5. The zero-order valence-electron chi connectivity index (χ0n) is 14.3. The van der Waals surface area contributed by atoms with E-state index in [0.717, 1.165) is 16.8 Å². The standard InChI is InChI=1S/C20H14ClFN4O/c1-12-15-10-13(24-20(27)18-16(21)8-5-9-17(18)22)11-23-19(15)26(25-12)14-6-3-2-4-7-14/h2-11H,1H3,(H,24,27). The van der Waals surface area contributed by atoms with Crippen molar-refractivity contribution in [2.24, 2.45) is 0 Å². The molecule has 2 heterocycles. The Hall–Kier alpha value is -3.25. The fourth-order valence-electron chi connectivity index (χ4n) is 2.87. The van der Waals surface area contributed by atoms with Crippen LogP contribution in [0.25, 0.3) is 16.7 Å². The van der Waals surface area contributed by atoms with Gasteiger partial charge in [0.25, 0.3) is 5.91 Å². The van der Waals surface area contributed by atoms with Crippen LogP contribution in [0.15, 0.2) is 60.8 Å². The average Bonchev–Trinajstić information content (AvgIpc) is 2.99. The van der Waals surface area contributed by atoms with Crippen LogP contribution in [0.2, 0.25) is 5.02 Å². The summed E-state index contributed by atoms with van der Waals surface area (Å²) in [5.74, 6) is -1.31. The minimum Gasteiger partial charge on any atom is -0.320 e. The van der Waals surface area contributed by atoms with Gasteiger partial charge in [-0.1, -0.05) is 35.9 Å². The molecule has 0 aliphatic rings. The van der Waals surface area contributed by atoms with E-state index in [1.165, 1.54) is 24.4 Å². The van der Waals surface area contributed by atoms with E-state index in [2.05, 4.69) is 15.4 Å². The molecule has 4 rings (SSSR count). The molecule has 0 fully saturated rings. The second kappa shape index (κ2) is 6.81. The Kier molecular flexibility index (Phi) is 4.33. The topological polar surface area (TPSA) is 59.8 Å². The van der Waals surface area contributed by atoms with Gasteiger partial charge in [0.2, 0.25) is 0 Å². The Morgan fingerprint density at radius 3 is 2.67 bits per heavy atom. The molecule has 2 aromatic heterocycles. The number of nitrogens with zero attached hydrogens (tertiary/aromatic N) is 3. The van der Waals surface area contributed by atoms with E-state index in [0.29, 0.717) is 11.3 Å². The predicted molar refractivity (Wildman–Crippen MR) is 103 cm³/mol. The Bertz CT molecular complexity index is 1140. The van der Waals surface area contributed by atoms with E-state index in [4.69, 9.17) is 11.6 Å². The summed E-state index contributed by atoms with van der Waals surface area (Å²) >= 11 is 5.95. The van der Waals surface area contributed by atoms with Gasteiger partial charge >= 0.3 is 0 Å². The van der Waals surface area contributed by atoms with Crippen molar-refractivity contribution in [3.63, 3.8) is 0 Å². The average molecular weight is 381 g/mol. The lowest BCUT2D eigenvalue weighted by Gasteiger charge is -2.08. The van der Waals surface area contributed by atoms with Crippen LogP contribution in [0, 0.1) is 12.7 Å². The van der Waals surface area contributed by atoms with E-state index >= 15 is 0 Å². The number of carbonyl (C=O) groups excluding carboxylic acids is 1. The first-order valence-electron chi connectivity index (χ1n) is 8.21. The molecule has 0 atom stereocenters. The summed E-state index contributed by atoms with van der Waals surface area (Å²) in [6.45, 7) is 1.86. The number of fused-ring (bicyclic) bond motifs is 1. The lowest BCUT2D eigenvalue weighted by molar-refractivity contribution is 0.102. The third-order valence-electron chi connectivity index (χ3n) is 4.16. The van der Waals surface area contributed by atoms with Crippen molar-refractivity contribution in [1.29, 1.82) is 0 Å². The van der Waals surface area contributed by atoms with Crippen molar-refractivity contribution in [1.82, 2.24) is 14.8 Å². The molecule has 4 aromatic rings. The number of carbonyl (C=O) groups is 1. The summed E-state index contributed by atoms with van der Waals surface area (Å²) in [4.78, 5) is 16.8. The van der Waals surface area contributed by atoms with Crippen LogP contribution in [-0.4, -0.2) is 20.7 Å². The molecular formula is C20H14ClFN4O. The minimum atomic E-state index is -0.679. The second-order valence-corrected chi connectivity index (χ2v) is 6.39. The monoisotopic (exact) mass is 380 g/mol. The molecule has 2 aromatic carbocycles. The molecule has 0 unspecified atom stereocenters. The molecule has 0 saturated carbocycles. The van der Waals surface area contributed by atoms with E-state index in [1.807, 2.05) is 37.3 Å². The number of nitrogens with one attached hydrogen (secondary N) is 1. The van der Waals surface area contributed by atoms with Gasteiger partial charge in [0.15, 0.2) is 5.65 Å². The molecule has 0 aliphatic carbocycles. The van der Waals surface area contributed by atoms with Gasteiger partial charge in [-0.2, -0.15) is 5.10 Å². The van der Waals surface area contributed by atoms with Crippen LogP contribution in [0.5, 0.6) is 0 Å². The molecule has 27 heavy (non-hydrogen) atoms. The first kappa shape index (κ1) is 17.2. The highest BCUT2D eigenvalue weighted by atomic mass is 35.5. The number of anilines is 1. The van der Waals surface area contributed by atoms with Gasteiger partial charge in [-0.3, -0.25) is 4.79 Å². The summed E-state index contributed by atoms with van der Waals surface area (Å²) in [7, 11) is 0. The second-order valence-electron chi connectivity index (χ2n) is 5.98. The van der Waals surface area contributed by atoms with Gasteiger partial charge in [0.05, 0.1) is 33.9 Å². The molecule has 0 bridgehead atoms. The quantitative estimate of drug-likeness (QED) is 0.556. The van der Waals surface area contributed by atoms with Crippen molar-refractivity contribution in [3.8, 4) is 5.69 Å². The molecule has 0 radical (unpaired) electrons. The number of amides is 1. The van der Waals surface area contributed by atoms with Gasteiger partial charge in [-0.25, -0.2) is 14.1 Å². The number of aryl methyl sites for hydroxylation is 1. The third-order valence-corrected chi connectivity index (χ3v) is 4.47. The van der Waals surface area contributed by atoms with Crippen LogP contribution in [0.1, 0.15) is 16.1 Å². The van der Waals surface area contributed by atoms with Crippen LogP contribution >= 0.6 is 11.6 Å². The van der Waals surface area contributed by atoms with Crippen molar-refractivity contribution in [3.05, 3.63) is 82.9 Å². The first-order chi connectivity index (χ1) is 13.0. The Morgan fingerprint density at radius 1 is 1.15 bits per heavy atom. The molecule has 1 N–H and O–H groups in total. The van der Waals surface area contributed by atoms with Crippen molar-refractivity contribution >= 4 is 34.2 Å². The number of hydrogen-bond donors (Lipinski definition) is 1.